The lowest BCUT2D eigenvalue weighted by Crippen LogP contribution is -2.20. The lowest BCUT2D eigenvalue weighted by molar-refractivity contribution is 0.399. The monoisotopic (exact) mass is 244 g/mol. The SMILES string of the molecule is CN1CCC(CNc2nc(Cl)ncc2F)C1. The van der Waals surface area contributed by atoms with Crippen LogP contribution in [-0.2, 0) is 0 Å². The summed E-state index contributed by atoms with van der Waals surface area (Å²) in [5.74, 6) is 0.267. The van der Waals surface area contributed by atoms with Crippen LogP contribution in [0.2, 0.25) is 5.28 Å². The molecule has 4 nitrogen and oxygen atoms in total. The fourth-order valence-corrected chi connectivity index (χ4v) is 2.04. The molecule has 1 saturated heterocycles. The molecular weight excluding hydrogens is 231 g/mol. The zero-order chi connectivity index (χ0) is 11.5. The Labute approximate surface area is 98.8 Å². The van der Waals surface area contributed by atoms with Gasteiger partial charge in [-0.25, -0.2) is 9.37 Å². The van der Waals surface area contributed by atoms with Crippen molar-refractivity contribution in [2.45, 2.75) is 6.42 Å². The fraction of sp³-hybridized carbons (Fsp3) is 0.600. The van der Waals surface area contributed by atoms with Crippen molar-refractivity contribution >= 4 is 17.4 Å². The summed E-state index contributed by atoms with van der Waals surface area (Å²) in [4.78, 5) is 9.63. The summed E-state index contributed by atoms with van der Waals surface area (Å²) in [5, 5.41) is 3.04. The number of halogens is 2. The molecule has 88 valence electrons. The van der Waals surface area contributed by atoms with Gasteiger partial charge in [-0.1, -0.05) is 0 Å². The fourth-order valence-electron chi connectivity index (χ4n) is 1.90. The standard InChI is InChI=1S/C10H14ClFN4/c1-16-3-2-7(6-16)4-13-9-8(12)5-14-10(11)15-9/h5,7H,2-4,6H2,1H3,(H,13,14,15). The molecule has 1 atom stereocenters. The van der Waals surface area contributed by atoms with E-state index in [1.54, 1.807) is 0 Å². The van der Waals surface area contributed by atoms with Crippen molar-refractivity contribution < 1.29 is 4.39 Å². The molecule has 1 N–H and O–H groups in total. The van der Waals surface area contributed by atoms with Gasteiger partial charge in [0.25, 0.3) is 0 Å². The predicted molar refractivity (Wildman–Crippen MR) is 61.1 cm³/mol. The number of anilines is 1. The van der Waals surface area contributed by atoms with Gasteiger partial charge in [0.05, 0.1) is 6.20 Å². The predicted octanol–water partition coefficient (Wildman–Crippen LogP) is 1.63. The molecule has 1 aromatic heterocycles. The molecule has 1 aliphatic rings. The van der Waals surface area contributed by atoms with Gasteiger partial charge >= 0.3 is 0 Å². The number of aromatic nitrogens is 2. The normalized spacial score (nSPS) is 21.3. The zero-order valence-electron chi connectivity index (χ0n) is 9.08. The van der Waals surface area contributed by atoms with E-state index in [0.29, 0.717) is 12.5 Å². The average molecular weight is 245 g/mol. The Balaban J connectivity index is 1.91. The minimum atomic E-state index is -0.462. The highest BCUT2D eigenvalue weighted by atomic mass is 35.5. The lowest BCUT2D eigenvalue weighted by Gasteiger charge is -2.12. The molecule has 2 heterocycles. The van der Waals surface area contributed by atoms with Crippen molar-refractivity contribution in [1.29, 1.82) is 0 Å². The Morgan fingerprint density at radius 3 is 3.19 bits per heavy atom. The Morgan fingerprint density at radius 2 is 2.50 bits per heavy atom. The molecule has 1 unspecified atom stereocenters. The summed E-state index contributed by atoms with van der Waals surface area (Å²) in [5.41, 5.74) is 0. The number of nitrogens with one attached hydrogen (secondary N) is 1. The van der Waals surface area contributed by atoms with Crippen molar-refractivity contribution in [2.75, 3.05) is 32.0 Å². The Bertz CT molecular complexity index is 374. The molecule has 0 amide bonds. The number of hydrogen-bond donors (Lipinski definition) is 1. The highest BCUT2D eigenvalue weighted by Gasteiger charge is 2.19. The topological polar surface area (TPSA) is 41.0 Å². The van der Waals surface area contributed by atoms with Crippen LogP contribution in [0.15, 0.2) is 6.20 Å². The first kappa shape index (κ1) is 11.5. The van der Waals surface area contributed by atoms with Crippen LogP contribution in [0.5, 0.6) is 0 Å². The molecule has 0 bridgehead atoms. The van der Waals surface area contributed by atoms with Gasteiger partial charge in [0.1, 0.15) is 0 Å². The van der Waals surface area contributed by atoms with Gasteiger partial charge in [0, 0.05) is 13.1 Å². The molecule has 0 aliphatic carbocycles. The van der Waals surface area contributed by atoms with Crippen LogP contribution < -0.4 is 5.32 Å². The van der Waals surface area contributed by atoms with Gasteiger partial charge in [0.2, 0.25) is 5.28 Å². The first-order valence-corrected chi connectivity index (χ1v) is 5.63. The molecule has 2 rings (SSSR count). The van der Waals surface area contributed by atoms with Crippen LogP contribution in [-0.4, -0.2) is 41.5 Å². The van der Waals surface area contributed by atoms with E-state index in [1.165, 1.54) is 0 Å². The van der Waals surface area contributed by atoms with Crippen molar-refractivity contribution in [2.24, 2.45) is 5.92 Å². The Morgan fingerprint density at radius 1 is 1.69 bits per heavy atom. The first-order valence-electron chi connectivity index (χ1n) is 5.25. The molecule has 1 fully saturated rings. The second-order valence-electron chi connectivity index (χ2n) is 4.13. The van der Waals surface area contributed by atoms with Crippen LogP contribution in [0.3, 0.4) is 0 Å². The van der Waals surface area contributed by atoms with Gasteiger partial charge in [-0.2, -0.15) is 4.98 Å². The molecular formula is C10H14ClFN4. The second-order valence-corrected chi connectivity index (χ2v) is 4.47. The quantitative estimate of drug-likeness (QED) is 0.821. The van der Waals surface area contributed by atoms with E-state index in [0.717, 1.165) is 25.7 Å². The van der Waals surface area contributed by atoms with E-state index in [-0.39, 0.29) is 11.1 Å². The van der Waals surface area contributed by atoms with E-state index < -0.39 is 5.82 Å². The summed E-state index contributed by atoms with van der Waals surface area (Å²) >= 11 is 5.60. The Hall–Kier alpha value is -0.940. The van der Waals surface area contributed by atoms with Crippen LogP contribution in [0.25, 0.3) is 0 Å². The number of nitrogens with zero attached hydrogens (tertiary/aromatic N) is 3. The maximum atomic E-state index is 13.3. The maximum absolute atomic E-state index is 13.3. The van der Waals surface area contributed by atoms with E-state index in [2.05, 4.69) is 27.2 Å². The highest BCUT2D eigenvalue weighted by molar-refractivity contribution is 6.28. The third kappa shape index (κ3) is 2.80. The van der Waals surface area contributed by atoms with Crippen LogP contribution in [0.4, 0.5) is 10.2 Å². The Kier molecular flexibility index (Phi) is 3.56. The van der Waals surface area contributed by atoms with Gasteiger partial charge in [0.15, 0.2) is 11.6 Å². The molecule has 0 saturated carbocycles. The van der Waals surface area contributed by atoms with E-state index in [9.17, 15) is 4.39 Å². The third-order valence-electron chi connectivity index (χ3n) is 2.76. The number of hydrogen-bond acceptors (Lipinski definition) is 4. The first-order chi connectivity index (χ1) is 7.65. The van der Waals surface area contributed by atoms with Crippen LogP contribution in [0, 0.1) is 11.7 Å². The molecule has 0 spiro atoms. The van der Waals surface area contributed by atoms with E-state index in [1.807, 2.05) is 0 Å². The van der Waals surface area contributed by atoms with Gasteiger partial charge in [-0.15, -0.1) is 0 Å². The summed E-state index contributed by atoms with van der Waals surface area (Å²) < 4.78 is 13.3. The van der Waals surface area contributed by atoms with Crippen molar-refractivity contribution in [3.8, 4) is 0 Å². The minimum Gasteiger partial charge on any atom is -0.367 e. The highest BCUT2D eigenvalue weighted by Crippen LogP contribution is 2.17. The summed E-state index contributed by atoms with van der Waals surface area (Å²) in [6.07, 6.45) is 2.21. The van der Waals surface area contributed by atoms with Gasteiger partial charge < -0.3 is 10.2 Å². The lowest BCUT2D eigenvalue weighted by atomic mass is 10.1. The van der Waals surface area contributed by atoms with Crippen LogP contribution in [0.1, 0.15) is 6.42 Å². The van der Waals surface area contributed by atoms with Gasteiger partial charge in [-0.05, 0) is 37.5 Å². The number of likely N-dealkylation sites (tertiary alicyclic amines) is 1. The summed E-state index contributed by atoms with van der Waals surface area (Å²) in [7, 11) is 2.09. The third-order valence-corrected chi connectivity index (χ3v) is 2.94. The molecule has 16 heavy (non-hydrogen) atoms. The average Bonchev–Trinajstić information content (AvgIpc) is 2.66. The van der Waals surface area contributed by atoms with E-state index in [4.69, 9.17) is 11.6 Å². The molecule has 1 aliphatic heterocycles. The van der Waals surface area contributed by atoms with E-state index >= 15 is 0 Å². The second kappa shape index (κ2) is 4.93. The van der Waals surface area contributed by atoms with Crippen molar-refractivity contribution in [3.63, 3.8) is 0 Å². The maximum Gasteiger partial charge on any atom is 0.224 e. The van der Waals surface area contributed by atoms with Gasteiger partial charge in [-0.3, -0.25) is 0 Å². The largest absolute Gasteiger partial charge is 0.367 e. The zero-order valence-corrected chi connectivity index (χ0v) is 9.84. The van der Waals surface area contributed by atoms with Crippen molar-refractivity contribution in [1.82, 2.24) is 14.9 Å². The summed E-state index contributed by atoms with van der Waals surface area (Å²) in [6, 6.07) is 0. The molecule has 0 radical (unpaired) electrons. The molecule has 0 aromatic carbocycles. The minimum absolute atomic E-state index is 0.0624. The summed E-state index contributed by atoms with van der Waals surface area (Å²) in [6.45, 7) is 2.85. The molecule has 6 heteroatoms. The number of rotatable bonds is 3. The van der Waals surface area contributed by atoms with Crippen molar-refractivity contribution in [3.05, 3.63) is 17.3 Å². The molecule has 1 aromatic rings. The van der Waals surface area contributed by atoms with Crippen LogP contribution >= 0.6 is 11.6 Å². The smallest absolute Gasteiger partial charge is 0.224 e.